The molecule has 0 unspecified atom stereocenters. The maximum atomic E-state index is 12.1. The number of hydrogen-bond acceptors (Lipinski definition) is 7. The van der Waals surface area contributed by atoms with Gasteiger partial charge in [0, 0.05) is 16.3 Å². The minimum absolute atomic E-state index is 0.333. The highest BCUT2D eigenvalue weighted by molar-refractivity contribution is 7.86. The van der Waals surface area contributed by atoms with E-state index in [0.29, 0.717) is 45.1 Å². The Labute approximate surface area is 217 Å². The van der Waals surface area contributed by atoms with Crippen LogP contribution in [0.15, 0.2) is 93.3 Å². The molecule has 0 saturated carbocycles. The monoisotopic (exact) mass is 518 g/mol. The van der Waals surface area contributed by atoms with Crippen molar-refractivity contribution in [3.8, 4) is 5.75 Å². The Morgan fingerprint density at radius 2 is 1.73 bits per heavy atom. The Morgan fingerprint density at radius 1 is 1.05 bits per heavy atom. The number of hydrogen-bond donors (Lipinski definition) is 2. The van der Waals surface area contributed by atoms with E-state index in [1.165, 1.54) is 6.07 Å². The average molecular weight is 519 g/mol. The zero-order chi connectivity index (χ0) is 27.6. The Hall–Kier alpha value is -4.21. The van der Waals surface area contributed by atoms with Gasteiger partial charge in [-0.2, -0.15) is 13.5 Å². The standard InChI is InChI=1S/C28H30N4O4S/c1-7-13-19-18-26(37(34,35)36)27(28(33)21(19)11-5)32-31-24-16-17-25(23(15-9-3)22(24)12-6)30-29-20(10-4)14-8-2/h8-18,33H,2,4,6-7H2,1,3,5H3,(H,34,35,36)/b15-9-,19-13-,20-14+,21-11+,30-29?,32-31?. The lowest BCUT2D eigenvalue weighted by Gasteiger charge is -2.09. The molecule has 2 aromatic carbocycles. The van der Waals surface area contributed by atoms with Gasteiger partial charge in [0.05, 0.1) is 17.1 Å². The normalized spacial score (nSPS) is 13.8. The lowest BCUT2D eigenvalue weighted by molar-refractivity contribution is 0.463. The van der Waals surface area contributed by atoms with Crippen molar-refractivity contribution in [3.05, 3.63) is 89.5 Å². The van der Waals surface area contributed by atoms with Gasteiger partial charge < -0.3 is 5.11 Å². The number of allylic oxidation sites excluding steroid dienone is 4. The van der Waals surface area contributed by atoms with E-state index < -0.39 is 20.8 Å². The molecule has 0 heterocycles. The van der Waals surface area contributed by atoms with Crippen molar-refractivity contribution >= 4 is 51.5 Å². The largest absolute Gasteiger partial charge is 0.505 e. The van der Waals surface area contributed by atoms with Crippen molar-refractivity contribution < 1.29 is 18.1 Å². The Kier molecular flexibility index (Phi) is 10.4. The van der Waals surface area contributed by atoms with Crippen molar-refractivity contribution in [1.29, 1.82) is 0 Å². The second-order valence-corrected chi connectivity index (χ2v) is 8.91. The first-order valence-corrected chi connectivity index (χ1v) is 12.8. The summed E-state index contributed by atoms with van der Waals surface area (Å²) < 4.78 is 34.1. The summed E-state index contributed by atoms with van der Waals surface area (Å²) in [5, 5.41) is 28.4. The molecule has 0 atom stereocenters. The highest BCUT2D eigenvalue weighted by atomic mass is 32.2. The van der Waals surface area contributed by atoms with Gasteiger partial charge in [-0.15, -0.1) is 15.3 Å². The fourth-order valence-corrected chi connectivity index (χ4v) is 4.13. The van der Waals surface area contributed by atoms with E-state index in [1.807, 2.05) is 19.9 Å². The third-order valence-electron chi connectivity index (χ3n) is 5.11. The van der Waals surface area contributed by atoms with E-state index in [0.717, 1.165) is 0 Å². The number of azo groups is 2. The topological polar surface area (TPSA) is 124 Å². The quantitative estimate of drug-likeness (QED) is 0.198. The van der Waals surface area contributed by atoms with Crippen LogP contribution in [0.4, 0.5) is 17.1 Å². The Bertz CT molecular complexity index is 1560. The number of phenols is 1. The van der Waals surface area contributed by atoms with Crippen molar-refractivity contribution in [2.75, 3.05) is 0 Å². The van der Waals surface area contributed by atoms with E-state index in [2.05, 4.69) is 40.2 Å². The van der Waals surface area contributed by atoms with Crippen LogP contribution in [0.3, 0.4) is 0 Å². The van der Waals surface area contributed by atoms with Crippen LogP contribution < -0.4 is 10.4 Å². The zero-order valence-electron chi connectivity index (χ0n) is 21.1. The van der Waals surface area contributed by atoms with Gasteiger partial charge in [-0.05, 0) is 55.8 Å². The van der Waals surface area contributed by atoms with Crippen LogP contribution in [0, 0.1) is 0 Å². The molecule has 2 rings (SSSR count). The first kappa shape index (κ1) is 29.0. The van der Waals surface area contributed by atoms with Gasteiger partial charge in [0.2, 0.25) is 0 Å². The number of aromatic hydroxyl groups is 1. The van der Waals surface area contributed by atoms with Crippen LogP contribution in [0.1, 0.15) is 38.3 Å². The number of nitrogens with zero attached hydrogens (tertiary/aromatic N) is 4. The molecule has 37 heavy (non-hydrogen) atoms. The van der Waals surface area contributed by atoms with Gasteiger partial charge in [-0.3, -0.25) is 4.55 Å². The minimum atomic E-state index is -4.71. The molecule has 0 aliphatic carbocycles. The van der Waals surface area contributed by atoms with Gasteiger partial charge in [-0.1, -0.05) is 63.1 Å². The summed E-state index contributed by atoms with van der Waals surface area (Å²) in [6, 6.07) is 4.55. The van der Waals surface area contributed by atoms with Gasteiger partial charge >= 0.3 is 0 Å². The van der Waals surface area contributed by atoms with Crippen LogP contribution in [0.5, 0.6) is 5.75 Å². The van der Waals surface area contributed by atoms with Gasteiger partial charge in [0.25, 0.3) is 10.1 Å². The van der Waals surface area contributed by atoms with Crippen LogP contribution in [0.2, 0.25) is 0 Å². The molecule has 0 saturated heterocycles. The van der Waals surface area contributed by atoms with Crippen LogP contribution in [0.25, 0.3) is 24.3 Å². The summed E-state index contributed by atoms with van der Waals surface area (Å²) in [7, 11) is -4.71. The third kappa shape index (κ3) is 6.93. The van der Waals surface area contributed by atoms with E-state index in [4.69, 9.17) is 0 Å². The fraction of sp³-hybridized carbons (Fsp3) is 0.143. The van der Waals surface area contributed by atoms with E-state index in [9.17, 15) is 18.1 Å². The van der Waals surface area contributed by atoms with Crippen LogP contribution >= 0.6 is 0 Å². The molecule has 0 spiro atoms. The van der Waals surface area contributed by atoms with Crippen molar-refractivity contribution in [2.24, 2.45) is 20.5 Å². The predicted molar refractivity (Wildman–Crippen MR) is 150 cm³/mol. The third-order valence-corrected chi connectivity index (χ3v) is 5.98. The van der Waals surface area contributed by atoms with Gasteiger partial charge in [0.1, 0.15) is 10.6 Å². The summed E-state index contributed by atoms with van der Waals surface area (Å²) in [5.41, 5.74) is 2.20. The maximum absolute atomic E-state index is 12.1. The van der Waals surface area contributed by atoms with Crippen LogP contribution in [-0.4, -0.2) is 18.1 Å². The molecule has 0 amide bonds. The van der Waals surface area contributed by atoms with Crippen molar-refractivity contribution in [2.45, 2.75) is 32.1 Å². The number of phenolic OH excluding ortho intramolecular Hbond substituents is 1. The zero-order valence-corrected chi connectivity index (χ0v) is 21.9. The van der Waals surface area contributed by atoms with E-state index >= 15 is 0 Å². The minimum Gasteiger partial charge on any atom is -0.505 e. The molecule has 192 valence electrons. The number of rotatable bonds is 10. The lowest BCUT2D eigenvalue weighted by atomic mass is 10.0. The second kappa shape index (κ2) is 13.2. The summed E-state index contributed by atoms with van der Waals surface area (Å²) >= 11 is 0. The molecule has 0 radical (unpaired) electrons. The van der Waals surface area contributed by atoms with Crippen LogP contribution in [-0.2, 0) is 10.1 Å². The summed E-state index contributed by atoms with van der Waals surface area (Å²) in [5.74, 6) is -0.411. The predicted octanol–water partition coefficient (Wildman–Crippen LogP) is 7.06. The molecule has 0 bridgehead atoms. The molecule has 2 N–H and O–H groups in total. The molecular weight excluding hydrogens is 488 g/mol. The Morgan fingerprint density at radius 3 is 2.24 bits per heavy atom. The summed E-state index contributed by atoms with van der Waals surface area (Å²) in [6.07, 6.45) is 13.9. The molecule has 0 aliphatic rings. The molecule has 0 aliphatic heterocycles. The summed E-state index contributed by atoms with van der Waals surface area (Å²) in [4.78, 5) is -0.552. The van der Waals surface area contributed by atoms with Gasteiger partial charge in [-0.25, -0.2) is 0 Å². The molecular formula is C28H30N4O4S. The maximum Gasteiger partial charge on any atom is 0.296 e. The first-order chi connectivity index (χ1) is 17.7. The van der Waals surface area contributed by atoms with E-state index in [-0.39, 0.29) is 5.69 Å². The number of benzene rings is 2. The average Bonchev–Trinajstić information content (AvgIpc) is 2.86. The summed E-state index contributed by atoms with van der Waals surface area (Å²) in [6.45, 7) is 16.6. The van der Waals surface area contributed by atoms with Crippen molar-refractivity contribution in [1.82, 2.24) is 0 Å². The molecule has 0 fully saturated rings. The fourth-order valence-electron chi connectivity index (χ4n) is 3.48. The highest BCUT2D eigenvalue weighted by Crippen LogP contribution is 2.36. The van der Waals surface area contributed by atoms with E-state index in [1.54, 1.807) is 61.6 Å². The molecule has 2 aromatic rings. The SMILES string of the molecule is C=C/C=C(\C=C)N=Nc1ccc(N=Nc2c(S(=O)(=O)O)cc(=C/CC)/c(=C\C)c2O)c(C=C)c1/C=C\C. The molecule has 8 nitrogen and oxygen atoms in total. The molecule has 0 aromatic heterocycles. The highest BCUT2D eigenvalue weighted by Gasteiger charge is 2.21. The molecule has 9 heteroatoms. The Balaban J connectivity index is 2.81. The van der Waals surface area contributed by atoms with Crippen molar-refractivity contribution in [3.63, 3.8) is 0 Å². The first-order valence-electron chi connectivity index (χ1n) is 11.4. The smallest absolute Gasteiger partial charge is 0.296 e. The van der Waals surface area contributed by atoms with Gasteiger partial charge in [0.15, 0.2) is 5.75 Å². The lowest BCUT2D eigenvalue weighted by Crippen LogP contribution is -2.26. The second-order valence-electron chi connectivity index (χ2n) is 7.52.